The monoisotopic (exact) mass is 601 g/mol. The van der Waals surface area contributed by atoms with Crippen molar-refractivity contribution in [3.8, 4) is 11.5 Å². The van der Waals surface area contributed by atoms with Gasteiger partial charge in [-0.15, -0.1) is 0 Å². The number of halogens is 3. The van der Waals surface area contributed by atoms with E-state index < -0.39 is 65.5 Å². The van der Waals surface area contributed by atoms with Crippen LogP contribution in [0.3, 0.4) is 0 Å². The Bertz CT molecular complexity index is 1390. The van der Waals surface area contributed by atoms with Crippen LogP contribution in [0.15, 0.2) is 24.0 Å². The van der Waals surface area contributed by atoms with Crippen molar-refractivity contribution in [3.63, 3.8) is 0 Å². The summed E-state index contributed by atoms with van der Waals surface area (Å²) in [6, 6.07) is 2.91. The van der Waals surface area contributed by atoms with Crippen LogP contribution >= 0.6 is 0 Å². The van der Waals surface area contributed by atoms with Crippen molar-refractivity contribution in [1.82, 2.24) is 4.90 Å². The standard InChI is InChI=1S/C26H26F3NO12/c1-10(39-22(36)16(32)18(20(33)34)42-23(37)26(27,28)29)21(35)40-13-5-6-25(38)14-9-11-3-4-12(31)17-15(11)24(25,19(13)41-17)7-8-30(14)2/h3-5,10,14,16,18-19,31-32,38H,6-9H2,1-2H3,(H,33,34)/t10-,14+,16+,18+,19-,24-,25+/m0/s1. The lowest BCUT2D eigenvalue weighted by Crippen LogP contribution is -2.74. The normalized spacial score (nSPS) is 29.6. The second kappa shape index (κ2) is 9.84. The van der Waals surface area contributed by atoms with Crippen LogP contribution in [-0.4, -0.2) is 105 Å². The number of alkyl halides is 3. The Morgan fingerprint density at radius 1 is 1.17 bits per heavy atom. The molecule has 1 aromatic rings. The molecule has 4 N–H and O–H groups in total. The minimum atomic E-state index is -5.61. The fraction of sp³-hybridized carbons (Fsp3) is 0.538. The zero-order chi connectivity index (χ0) is 30.9. The smallest absolute Gasteiger partial charge is 0.490 e. The molecule has 228 valence electrons. The van der Waals surface area contributed by atoms with Gasteiger partial charge in [-0.2, -0.15) is 13.2 Å². The molecular weight excluding hydrogens is 575 g/mol. The first-order valence-electron chi connectivity index (χ1n) is 12.8. The third-order valence-electron chi connectivity index (χ3n) is 8.43. The number of carboxylic acid groups (broad SMARTS) is 1. The van der Waals surface area contributed by atoms with Gasteiger partial charge in [0.15, 0.2) is 29.8 Å². The Morgan fingerprint density at radius 2 is 1.86 bits per heavy atom. The molecule has 0 unspecified atom stereocenters. The molecule has 13 nitrogen and oxygen atoms in total. The Hall–Kier alpha value is -3.89. The molecule has 0 amide bonds. The number of hydrogen-bond donors (Lipinski definition) is 4. The number of phenols is 1. The number of piperidine rings is 1. The van der Waals surface area contributed by atoms with Crippen molar-refractivity contribution >= 4 is 23.9 Å². The Labute approximate surface area is 235 Å². The van der Waals surface area contributed by atoms with Gasteiger partial charge in [-0.3, -0.25) is 0 Å². The van der Waals surface area contributed by atoms with Crippen LogP contribution in [0.1, 0.15) is 30.9 Å². The predicted octanol–water partition coefficient (Wildman–Crippen LogP) is 0.0644. The van der Waals surface area contributed by atoms with E-state index in [-0.39, 0.29) is 29.7 Å². The van der Waals surface area contributed by atoms with Crippen LogP contribution in [0.25, 0.3) is 0 Å². The second-order valence-electron chi connectivity index (χ2n) is 10.7. The van der Waals surface area contributed by atoms with Gasteiger partial charge in [0.25, 0.3) is 0 Å². The minimum Gasteiger partial charge on any atom is -0.504 e. The number of aliphatic carboxylic acids is 1. The number of carbonyl (C=O) groups is 4. The number of ether oxygens (including phenoxy) is 4. The van der Waals surface area contributed by atoms with Crippen LogP contribution in [-0.2, 0) is 45.2 Å². The summed E-state index contributed by atoms with van der Waals surface area (Å²) in [6.45, 7) is 1.54. The number of rotatable bonds is 7. The molecule has 42 heavy (non-hydrogen) atoms. The van der Waals surface area contributed by atoms with E-state index in [0.29, 0.717) is 24.9 Å². The van der Waals surface area contributed by atoms with Gasteiger partial charge in [0.05, 0.1) is 11.0 Å². The summed E-state index contributed by atoms with van der Waals surface area (Å²) in [5.74, 6) is -8.43. The predicted molar refractivity (Wildman–Crippen MR) is 128 cm³/mol. The average molecular weight is 601 g/mol. The largest absolute Gasteiger partial charge is 0.504 e. The van der Waals surface area contributed by atoms with Crippen molar-refractivity contribution in [3.05, 3.63) is 35.1 Å². The lowest BCUT2D eigenvalue weighted by molar-refractivity contribution is -0.214. The molecule has 5 rings (SSSR count). The summed E-state index contributed by atoms with van der Waals surface area (Å²) >= 11 is 0. The molecular formula is C26H26F3NO12. The van der Waals surface area contributed by atoms with E-state index in [1.807, 2.05) is 11.9 Å². The van der Waals surface area contributed by atoms with Gasteiger partial charge in [0.1, 0.15) is 5.76 Å². The minimum absolute atomic E-state index is 0.0385. The van der Waals surface area contributed by atoms with Gasteiger partial charge >= 0.3 is 30.1 Å². The zero-order valence-electron chi connectivity index (χ0n) is 22.1. The summed E-state index contributed by atoms with van der Waals surface area (Å²) < 4.78 is 57.4. The van der Waals surface area contributed by atoms with Crippen LogP contribution in [0.2, 0.25) is 0 Å². The maximum atomic E-state index is 12.9. The topological polar surface area (TPSA) is 189 Å². The Morgan fingerprint density at radius 3 is 2.50 bits per heavy atom. The molecule has 1 spiro atoms. The maximum absolute atomic E-state index is 12.9. The van der Waals surface area contributed by atoms with Gasteiger partial charge in [-0.1, -0.05) is 6.07 Å². The Kier molecular flexibility index (Phi) is 6.94. The van der Waals surface area contributed by atoms with Gasteiger partial charge in [0.2, 0.25) is 6.10 Å². The molecule has 0 aromatic heterocycles. The van der Waals surface area contributed by atoms with Gasteiger partial charge in [0, 0.05) is 18.0 Å². The number of likely N-dealkylation sites (N-methyl/N-ethyl adjacent to an activating group) is 1. The molecule has 16 heteroatoms. The summed E-state index contributed by atoms with van der Waals surface area (Å²) in [5, 5.41) is 41.6. The third-order valence-corrected chi connectivity index (χ3v) is 8.43. The number of hydrogen-bond acceptors (Lipinski definition) is 12. The van der Waals surface area contributed by atoms with Crippen molar-refractivity contribution in [2.24, 2.45) is 0 Å². The van der Waals surface area contributed by atoms with E-state index in [0.717, 1.165) is 12.5 Å². The fourth-order valence-electron chi connectivity index (χ4n) is 6.48. The van der Waals surface area contributed by atoms with E-state index >= 15 is 0 Å². The van der Waals surface area contributed by atoms with Crippen molar-refractivity contribution in [2.75, 3.05) is 13.6 Å². The second-order valence-corrected chi connectivity index (χ2v) is 10.7. The molecule has 1 saturated heterocycles. The fourth-order valence-corrected chi connectivity index (χ4v) is 6.48. The highest BCUT2D eigenvalue weighted by molar-refractivity contribution is 5.89. The number of phenolic OH excluding ortho intramolecular Hbond substituents is 1. The number of benzene rings is 1. The van der Waals surface area contributed by atoms with E-state index in [2.05, 4.69) is 4.74 Å². The summed E-state index contributed by atoms with van der Waals surface area (Å²) in [7, 11) is 1.88. The lowest BCUT2D eigenvalue weighted by atomic mass is 9.50. The number of aliphatic hydroxyl groups is 2. The average Bonchev–Trinajstić information content (AvgIpc) is 3.27. The lowest BCUT2D eigenvalue weighted by Gasteiger charge is -2.61. The van der Waals surface area contributed by atoms with E-state index in [9.17, 15) is 47.7 Å². The zero-order valence-corrected chi connectivity index (χ0v) is 22.1. The van der Waals surface area contributed by atoms with Crippen LogP contribution in [0.4, 0.5) is 13.2 Å². The number of carboxylic acids is 1. The number of carbonyl (C=O) groups excluding carboxylic acids is 3. The van der Waals surface area contributed by atoms with Crippen LogP contribution in [0, 0.1) is 0 Å². The molecule has 2 aliphatic carbocycles. The molecule has 2 aliphatic heterocycles. The number of likely N-dealkylation sites (tertiary alicyclic amines) is 1. The highest BCUT2D eigenvalue weighted by Gasteiger charge is 2.72. The first kappa shape index (κ1) is 29.6. The molecule has 0 saturated carbocycles. The van der Waals surface area contributed by atoms with Gasteiger partial charge in [-0.25, -0.2) is 19.2 Å². The molecule has 1 fully saturated rings. The summed E-state index contributed by atoms with van der Waals surface area (Å²) in [4.78, 5) is 49.5. The highest BCUT2D eigenvalue weighted by Crippen LogP contribution is 2.65. The third kappa shape index (κ3) is 4.27. The molecule has 1 aromatic carbocycles. The number of nitrogens with zero attached hydrogens (tertiary/aromatic N) is 1. The molecule has 2 heterocycles. The summed E-state index contributed by atoms with van der Waals surface area (Å²) in [5.41, 5.74) is -0.968. The van der Waals surface area contributed by atoms with E-state index in [1.165, 1.54) is 12.1 Å². The summed E-state index contributed by atoms with van der Waals surface area (Å²) in [6.07, 6.45) is -12.1. The van der Waals surface area contributed by atoms with Gasteiger partial charge in [-0.05, 0) is 51.1 Å². The van der Waals surface area contributed by atoms with Crippen molar-refractivity contribution < 1.29 is 71.7 Å². The van der Waals surface area contributed by atoms with Gasteiger partial charge < -0.3 is 44.3 Å². The highest BCUT2D eigenvalue weighted by atomic mass is 19.4. The first-order valence-corrected chi connectivity index (χ1v) is 12.8. The number of aliphatic hydroxyl groups excluding tert-OH is 1. The SMILES string of the molecule is C[C@H](OC(=O)[C@H](O)[C@@H](OC(=O)C(F)(F)F)C(=O)O)C(=O)OC1=CC[C@@]2(O)[C@H]3Cc4ccc(O)c5c4[C@@]2(CCN3C)[C@H]1O5. The molecule has 7 atom stereocenters. The first-order chi connectivity index (χ1) is 19.5. The molecule has 4 aliphatic rings. The van der Waals surface area contributed by atoms with Crippen LogP contribution < -0.4 is 4.74 Å². The van der Waals surface area contributed by atoms with E-state index in [1.54, 1.807) is 6.07 Å². The number of esters is 3. The van der Waals surface area contributed by atoms with Crippen LogP contribution in [0.5, 0.6) is 11.5 Å². The van der Waals surface area contributed by atoms with E-state index in [4.69, 9.17) is 19.3 Å². The number of aromatic hydroxyl groups is 1. The molecule has 0 radical (unpaired) electrons. The maximum Gasteiger partial charge on any atom is 0.490 e. The Balaban J connectivity index is 1.34. The quantitative estimate of drug-likeness (QED) is 0.243. The molecule has 2 bridgehead atoms. The van der Waals surface area contributed by atoms with Crippen molar-refractivity contribution in [1.29, 1.82) is 0 Å². The van der Waals surface area contributed by atoms with Crippen molar-refractivity contribution in [2.45, 2.75) is 73.8 Å².